The second-order valence-electron chi connectivity index (χ2n) is 4.47. The zero-order valence-electron chi connectivity index (χ0n) is 9.99. The van der Waals surface area contributed by atoms with Crippen molar-refractivity contribution in [1.82, 2.24) is 10.3 Å². The van der Waals surface area contributed by atoms with E-state index in [1.54, 1.807) is 19.3 Å². The number of carbonyl (C=O) groups excluding carboxylic acids is 1. The molecular weight excluding hydrogens is 216 g/mol. The first-order chi connectivity index (χ1) is 8.19. The van der Waals surface area contributed by atoms with E-state index >= 15 is 0 Å². The number of nitrogens with zero attached hydrogens (tertiary/aromatic N) is 1. The molecule has 0 bridgehead atoms. The third-order valence-electron chi connectivity index (χ3n) is 3.33. The van der Waals surface area contributed by atoms with Crippen molar-refractivity contribution in [2.75, 3.05) is 18.9 Å². The molecule has 92 valence electrons. The van der Waals surface area contributed by atoms with Crippen LogP contribution in [-0.2, 0) is 0 Å². The number of amides is 1. The molecule has 0 radical (unpaired) electrons. The summed E-state index contributed by atoms with van der Waals surface area (Å²) in [6, 6.07) is 3.62. The van der Waals surface area contributed by atoms with Gasteiger partial charge in [-0.15, -0.1) is 0 Å². The molecule has 1 saturated carbocycles. The van der Waals surface area contributed by atoms with Crippen molar-refractivity contribution >= 4 is 11.6 Å². The van der Waals surface area contributed by atoms with Crippen molar-refractivity contribution in [2.24, 2.45) is 5.73 Å². The first-order valence-electron chi connectivity index (χ1n) is 5.85. The molecule has 1 aromatic rings. The van der Waals surface area contributed by atoms with E-state index in [4.69, 9.17) is 5.73 Å². The van der Waals surface area contributed by atoms with Gasteiger partial charge in [0.05, 0.1) is 0 Å². The summed E-state index contributed by atoms with van der Waals surface area (Å²) in [5, 5.41) is 5.98. The van der Waals surface area contributed by atoms with Gasteiger partial charge in [-0.3, -0.25) is 9.78 Å². The molecule has 1 aromatic heterocycles. The average Bonchev–Trinajstić information content (AvgIpc) is 2.33. The standard InChI is InChI=1S/C12H18N4O/c1-14-11(17)10-7-9(3-6-15-10)16-12(8-13)4-2-5-12/h3,6-7H,2,4-5,8,13H2,1H3,(H,14,17)(H,15,16). The Balaban J connectivity index is 2.13. The minimum atomic E-state index is -0.177. The molecular formula is C12H18N4O. The lowest BCUT2D eigenvalue weighted by Gasteiger charge is -2.42. The van der Waals surface area contributed by atoms with Gasteiger partial charge in [0.1, 0.15) is 5.69 Å². The van der Waals surface area contributed by atoms with Crippen LogP contribution in [0.15, 0.2) is 18.3 Å². The van der Waals surface area contributed by atoms with Gasteiger partial charge in [0.25, 0.3) is 5.91 Å². The Morgan fingerprint density at radius 3 is 2.88 bits per heavy atom. The lowest BCUT2D eigenvalue weighted by molar-refractivity contribution is 0.0958. The largest absolute Gasteiger partial charge is 0.378 e. The molecule has 2 rings (SSSR count). The normalized spacial score (nSPS) is 17.1. The van der Waals surface area contributed by atoms with Crippen LogP contribution in [-0.4, -0.2) is 30.0 Å². The van der Waals surface area contributed by atoms with Gasteiger partial charge in [0.2, 0.25) is 0 Å². The number of aromatic nitrogens is 1. The molecule has 1 fully saturated rings. The number of hydrogen-bond acceptors (Lipinski definition) is 4. The van der Waals surface area contributed by atoms with Crippen molar-refractivity contribution in [2.45, 2.75) is 24.8 Å². The van der Waals surface area contributed by atoms with Gasteiger partial charge in [0, 0.05) is 31.0 Å². The molecule has 1 aliphatic carbocycles. The lowest BCUT2D eigenvalue weighted by atomic mass is 9.76. The van der Waals surface area contributed by atoms with Gasteiger partial charge in [-0.2, -0.15) is 0 Å². The van der Waals surface area contributed by atoms with E-state index in [2.05, 4.69) is 15.6 Å². The summed E-state index contributed by atoms with van der Waals surface area (Å²) in [5.74, 6) is -0.177. The summed E-state index contributed by atoms with van der Waals surface area (Å²) < 4.78 is 0. The number of anilines is 1. The Hall–Kier alpha value is -1.62. The molecule has 0 saturated heterocycles. The summed E-state index contributed by atoms with van der Waals surface area (Å²) in [5.41, 5.74) is 7.13. The van der Waals surface area contributed by atoms with Crippen LogP contribution >= 0.6 is 0 Å². The predicted octanol–water partition coefficient (Wildman–Crippen LogP) is 0.734. The maximum Gasteiger partial charge on any atom is 0.269 e. The minimum absolute atomic E-state index is 0.0152. The summed E-state index contributed by atoms with van der Waals surface area (Å²) in [4.78, 5) is 15.5. The van der Waals surface area contributed by atoms with Crippen LogP contribution in [0.3, 0.4) is 0 Å². The van der Waals surface area contributed by atoms with Crippen LogP contribution < -0.4 is 16.4 Å². The van der Waals surface area contributed by atoms with Crippen LogP contribution in [0.2, 0.25) is 0 Å². The van der Waals surface area contributed by atoms with E-state index in [-0.39, 0.29) is 11.4 Å². The molecule has 1 amide bonds. The van der Waals surface area contributed by atoms with E-state index in [1.807, 2.05) is 6.07 Å². The highest BCUT2D eigenvalue weighted by Gasteiger charge is 2.35. The number of pyridine rings is 1. The number of rotatable bonds is 4. The highest BCUT2D eigenvalue weighted by molar-refractivity contribution is 5.92. The Morgan fingerprint density at radius 1 is 1.59 bits per heavy atom. The molecule has 4 N–H and O–H groups in total. The first-order valence-corrected chi connectivity index (χ1v) is 5.85. The van der Waals surface area contributed by atoms with E-state index in [0.29, 0.717) is 12.2 Å². The fraction of sp³-hybridized carbons (Fsp3) is 0.500. The van der Waals surface area contributed by atoms with Gasteiger partial charge in [-0.25, -0.2) is 0 Å². The van der Waals surface area contributed by atoms with Gasteiger partial charge in [-0.05, 0) is 31.4 Å². The predicted molar refractivity (Wildman–Crippen MR) is 66.9 cm³/mol. The van der Waals surface area contributed by atoms with Crippen molar-refractivity contribution in [3.8, 4) is 0 Å². The van der Waals surface area contributed by atoms with Crippen molar-refractivity contribution in [1.29, 1.82) is 0 Å². The van der Waals surface area contributed by atoms with Gasteiger partial charge >= 0.3 is 0 Å². The van der Waals surface area contributed by atoms with Crippen molar-refractivity contribution in [3.05, 3.63) is 24.0 Å². The molecule has 5 nitrogen and oxygen atoms in total. The molecule has 0 spiro atoms. The lowest BCUT2D eigenvalue weighted by Crippen LogP contribution is -2.51. The number of nitrogens with one attached hydrogen (secondary N) is 2. The Labute approximate surface area is 101 Å². The number of hydrogen-bond donors (Lipinski definition) is 3. The maximum absolute atomic E-state index is 11.5. The maximum atomic E-state index is 11.5. The van der Waals surface area contributed by atoms with Crippen LogP contribution in [0.25, 0.3) is 0 Å². The van der Waals surface area contributed by atoms with E-state index in [0.717, 1.165) is 18.5 Å². The zero-order valence-corrected chi connectivity index (χ0v) is 9.99. The van der Waals surface area contributed by atoms with Gasteiger partial charge in [0.15, 0.2) is 0 Å². The molecule has 1 aliphatic rings. The monoisotopic (exact) mass is 234 g/mol. The first kappa shape index (κ1) is 11.9. The van der Waals surface area contributed by atoms with Crippen LogP contribution in [0.1, 0.15) is 29.8 Å². The van der Waals surface area contributed by atoms with Crippen LogP contribution in [0, 0.1) is 0 Å². The average molecular weight is 234 g/mol. The molecule has 0 aliphatic heterocycles. The minimum Gasteiger partial charge on any atom is -0.378 e. The molecule has 17 heavy (non-hydrogen) atoms. The number of nitrogens with two attached hydrogens (primary N) is 1. The summed E-state index contributed by atoms with van der Waals surface area (Å²) in [7, 11) is 1.59. The topological polar surface area (TPSA) is 80.0 Å². The van der Waals surface area contributed by atoms with Crippen molar-refractivity contribution in [3.63, 3.8) is 0 Å². The second-order valence-corrected chi connectivity index (χ2v) is 4.47. The summed E-state index contributed by atoms with van der Waals surface area (Å²) >= 11 is 0. The zero-order chi connectivity index (χ0) is 12.3. The fourth-order valence-electron chi connectivity index (χ4n) is 2.05. The smallest absolute Gasteiger partial charge is 0.269 e. The third-order valence-corrected chi connectivity index (χ3v) is 3.33. The molecule has 0 aromatic carbocycles. The summed E-state index contributed by atoms with van der Waals surface area (Å²) in [6.07, 6.45) is 5.01. The molecule has 0 atom stereocenters. The molecule has 5 heteroatoms. The third kappa shape index (κ3) is 2.39. The SMILES string of the molecule is CNC(=O)c1cc(NC2(CN)CCC2)ccn1. The fourth-order valence-corrected chi connectivity index (χ4v) is 2.05. The number of carbonyl (C=O) groups is 1. The van der Waals surface area contributed by atoms with E-state index < -0.39 is 0 Å². The van der Waals surface area contributed by atoms with E-state index in [9.17, 15) is 4.79 Å². The Bertz CT molecular complexity index is 409. The Morgan fingerprint density at radius 2 is 2.35 bits per heavy atom. The van der Waals surface area contributed by atoms with Gasteiger partial charge < -0.3 is 16.4 Å². The van der Waals surface area contributed by atoms with Gasteiger partial charge in [-0.1, -0.05) is 0 Å². The van der Waals surface area contributed by atoms with Crippen LogP contribution in [0.5, 0.6) is 0 Å². The van der Waals surface area contributed by atoms with Crippen molar-refractivity contribution < 1.29 is 4.79 Å². The highest BCUT2D eigenvalue weighted by atomic mass is 16.1. The quantitative estimate of drug-likeness (QED) is 0.717. The van der Waals surface area contributed by atoms with E-state index in [1.165, 1.54) is 6.42 Å². The molecule has 1 heterocycles. The molecule has 0 unspecified atom stereocenters. The second kappa shape index (κ2) is 4.71. The Kier molecular flexibility index (Phi) is 3.28. The van der Waals surface area contributed by atoms with Crippen LogP contribution in [0.4, 0.5) is 5.69 Å². The summed E-state index contributed by atoms with van der Waals surface area (Å²) in [6.45, 7) is 0.616. The highest BCUT2D eigenvalue weighted by Crippen LogP contribution is 2.34.